The number of rotatable bonds is 13. The van der Waals surface area contributed by atoms with Gasteiger partial charge in [-0.25, -0.2) is 0 Å². The second-order valence-corrected chi connectivity index (χ2v) is 21.1. The monoisotopic (exact) mass is 486 g/mol. The van der Waals surface area contributed by atoms with Crippen LogP contribution in [-0.4, -0.2) is 22.8 Å². The minimum absolute atomic E-state index is 1.26. The van der Waals surface area contributed by atoms with E-state index in [4.69, 9.17) is 0 Å². The standard InChI is InChI=1S/C5H8I.3C4H9.Sn/c1-5(2)3-4-6;3*1-3-4-2;/h1-4H2;3*1,3-4H2,2H3;. The van der Waals surface area contributed by atoms with Crippen LogP contribution in [0.5, 0.6) is 0 Å². The van der Waals surface area contributed by atoms with Gasteiger partial charge >= 0.3 is 141 Å². The van der Waals surface area contributed by atoms with Gasteiger partial charge in [0, 0.05) is 0 Å². The maximum absolute atomic E-state index is 4.40. The molecule has 0 aromatic heterocycles. The molecule has 0 unspecified atom stereocenters. The third kappa shape index (κ3) is 9.76. The van der Waals surface area contributed by atoms with Crippen molar-refractivity contribution < 1.29 is 0 Å². The predicted octanol–water partition coefficient (Wildman–Crippen LogP) is 7.22. The Labute approximate surface area is 140 Å². The molecule has 0 radical (unpaired) electrons. The van der Waals surface area contributed by atoms with Crippen molar-refractivity contribution in [3.8, 4) is 0 Å². The van der Waals surface area contributed by atoms with Crippen LogP contribution in [0.1, 0.15) is 65.7 Å². The van der Waals surface area contributed by atoms with E-state index >= 15 is 0 Å². The Balaban J connectivity index is 4.70. The molecule has 0 aliphatic heterocycles. The summed E-state index contributed by atoms with van der Waals surface area (Å²) in [5, 5.41) is 0. The Morgan fingerprint density at radius 1 is 0.895 bits per heavy atom. The summed E-state index contributed by atoms with van der Waals surface area (Å²) in [4.78, 5) is 0. The van der Waals surface area contributed by atoms with Gasteiger partial charge in [0.05, 0.1) is 0 Å². The summed E-state index contributed by atoms with van der Waals surface area (Å²) in [6.45, 7) is 11.5. The molecule has 0 amide bonds. The van der Waals surface area contributed by atoms with Gasteiger partial charge in [-0.15, -0.1) is 0 Å². The normalized spacial score (nSPS) is 11.8. The van der Waals surface area contributed by atoms with Crippen molar-refractivity contribution in [2.24, 2.45) is 0 Å². The molecule has 0 nitrogen and oxygen atoms in total. The second-order valence-electron chi connectivity index (χ2n) is 6.18. The van der Waals surface area contributed by atoms with Gasteiger partial charge in [-0.2, -0.15) is 0 Å². The first-order valence-corrected chi connectivity index (χ1v) is 18.0. The maximum atomic E-state index is 4.40. The third-order valence-corrected chi connectivity index (χ3v) is 20.5. The fourth-order valence-electron chi connectivity index (χ4n) is 3.05. The van der Waals surface area contributed by atoms with Crippen molar-refractivity contribution in [3.63, 3.8) is 0 Å². The number of halogens is 1. The van der Waals surface area contributed by atoms with E-state index < -0.39 is 18.4 Å². The molecule has 0 aromatic carbocycles. The quantitative estimate of drug-likeness (QED) is 0.112. The van der Waals surface area contributed by atoms with E-state index in [1.165, 1.54) is 53.8 Å². The fourth-order valence-corrected chi connectivity index (χ4v) is 20.4. The van der Waals surface area contributed by atoms with E-state index in [9.17, 15) is 0 Å². The summed E-state index contributed by atoms with van der Waals surface area (Å²) in [5.41, 5.74) is 1.59. The first-order chi connectivity index (χ1) is 9.14. The Hall–Kier alpha value is 1.27. The first kappa shape index (κ1) is 20.3. The van der Waals surface area contributed by atoms with Gasteiger partial charge in [-0.3, -0.25) is 0 Å². The number of hydrogen-bond acceptors (Lipinski definition) is 0. The van der Waals surface area contributed by atoms with Crippen LogP contribution in [0.2, 0.25) is 17.7 Å². The Kier molecular flexibility index (Phi) is 13.8. The zero-order chi connectivity index (χ0) is 14.6. The van der Waals surface area contributed by atoms with E-state index in [0.717, 1.165) is 0 Å². The summed E-state index contributed by atoms with van der Waals surface area (Å²) in [5.74, 6) is 0. The van der Waals surface area contributed by atoms with E-state index in [1.54, 1.807) is 18.9 Å². The van der Waals surface area contributed by atoms with Crippen LogP contribution in [0.15, 0.2) is 12.2 Å². The average Bonchev–Trinajstić information content (AvgIpc) is 2.40. The molecule has 2 heteroatoms. The van der Waals surface area contributed by atoms with Crippen LogP contribution < -0.4 is 0 Å². The molecule has 0 bridgehead atoms. The predicted molar refractivity (Wildman–Crippen MR) is 102 cm³/mol. The summed E-state index contributed by atoms with van der Waals surface area (Å²) in [6, 6.07) is 0. The number of hydrogen-bond donors (Lipinski definition) is 0. The molecular formula is C17H35ISn. The third-order valence-electron chi connectivity index (χ3n) is 4.26. The zero-order valence-electron chi connectivity index (χ0n) is 13.6. The molecule has 114 valence electrons. The number of allylic oxidation sites excluding steroid dienone is 1. The van der Waals surface area contributed by atoms with Crippen molar-refractivity contribution in [2.45, 2.75) is 83.5 Å². The molecule has 0 fully saturated rings. The molecular weight excluding hydrogens is 450 g/mol. The van der Waals surface area contributed by atoms with Crippen LogP contribution in [0.3, 0.4) is 0 Å². The average molecular weight is 485 g/mol. The first-order valence-electron chi connectivity index (χ1n) is 8.36. The van der Waals surface area contributed by atoms with Gasteiger partial charge in [-0.05, 0) is 0 Å². The summed E-state index contributed by atoms with van der Waals surface area (Å²) < 4.78 is 7.65. The second kappa shape index (κ2) is 13.0. The van der Waals surface area contributed by atoms with E-state index in [2.05, 4.69) is 49.9 Å². The molecule has 0 aromatic rings. The molecule has 0 rings (SSSR count). The number of alkyl halides is 1. The molecule has 0 aliphatic rings. The van der Waals surface area contributed by atoms with Crippen molar-refractivity contribution in [1.29, 1.82) is 0 Å². The van der Waals surface area contributed by atoms with E-state index in [0.29, 0.717) is 0 Å². The molecule has 0 heterocycles. The van der Waals surface area contributed by atoms with Gasteiger partial charge in [0.25, 0.3) is 0 Å². The van der Waals surface area contributed by atoms with E-state index in [-0.39, 0.29) is 0 Å². The van der Waals surface area contributed by atoms with Crippen molar-refractivity contribution >= 4 is 41.0 Å². The topological polar surface area (TPSA) is 0 Å². The molecule has 0 N–H and O–H groups in total. The summed E-state index contributed by atoms with van der Waals surface area (Å²) in [7, 11) is 0. The molecule has 0 saturated carbocycles. The SMILES string of the molecule is C=C(CCI)[CH2][Sn]([CH2]CCC)([CH2]CCC)[CH2]CCC. The molecule has 0 atom stereocenters. The minimum atomic E-state index is -1.90. The van der Waals surface area contributed by atoms with Gasteiger partial charge in [0.1, 0.15) is 0 Å². The summed E-state index contributed by atoms with van der Waals surface area (Å²) in [6.07, 6.45) is 9.88. The van der Waals surface area contributed by atoms with Gasteiger partial charge in [0.2, 0.25) is 0 Å². The van der Waals surface area contributed by atoms with Crippen molar-refractivity contribution in [3.05, 3.63) is 12.2 Å². The Morgan fingerprint density at radius 2 is 1.32 bits per heavy atom. The van der Waals surface area contributed by atoms with Crippen molar-refractivity contribution in [2.75, 3.05) is 4.43 Å². The summed E-state index contributed by atoms with van der Waals surface area (Å²) >= 11 is 0.604. The number of unbranched alkanes of at least 4 members (excludes halogenated alkanes) is 3. The van der Waals surface area contributed by atoms with E-state index in [1.807, 2.05) is 0 Å². The van der Waals surface area contributed by atoms with Crippen LogP contribution >= 0.6 is 22.6 Å². The fraction of sp³-hybridized carbons (Fsp3) is 0.882. The van der Waals surface area contributed by atoms with Crippen LogP contribution in [0.4, 0.5) is 0 Å². The Morgan fingerprint density at radius 3 is 1.63 bits per heavy atom. The van der Waals surface area contributed by atoms with Crippen LogP contribution in [-0.2, 0) is 0 Å². The molecule has 0 saturated heterocycles. The van der Waals surface area contributed by atoms with Crippen LogP contribution in [0.25, 0.3) is 0 Å². The van der Waals surface area contributed by atoms with Crippen LogP contribution in [0, 0.1) is 0 Å². The van der Waals surface area contributed by atoms with Crippen molar-refractivity contribution in [1.82, 2.24) is 0 Å². The molecule has 0 spiro atoms. The molecule has 19 heavy (non-hydrogen) atoms. The zero-order valence-corrected chi connectivity index (χ0v) is 18.6. The Bertz CT molecular complexity index is 204. The molecule has 0 aliphatic carbocycles. The van der Waals surface area contributed by atoms with Gasteiger partial charge < -0.3 is 0 Å². The van der Waals surface area contributed by atoms with Gasteiger partial charge in [0.15, 0.2) is 0 Å². The van der Waals surface area contributed by atoms with Gasteiger partial charge in [-0.1, -0.05) is 0 Å².